The van der Waals surface area contributed by atoms with E-state index in [9.17, 15) is 8.42 Å². The van der Waals surface area contributed by atoms with Crippen LogP contribution in [-0.2, 0) is 15.6 Å². The van der Waals surface area contributed by atoms with E-state index in [1.165, 1.54) is 0 Å². The standard InChI is InChI=1S/C10H13BrO2S/c1-3-14(12,13)7-9-4-5-10(11)6-8(9)2/h4-6H,3,7H2,1-2H3. The zero-order chi connectivity index (χ0) is 10.8. The lowest BCUT2D eigenvalue weighted by Crippen LogP contribution is -2.07. The Balaban J connectivity index is 2.99. The fraction of sp³-hybridized carbons (Fsp3) is 0.400. The minimum absolute atomic E-state index is 0.141. The van der Waals surface area contributed by atoms with Gasteiger partial charge in [0.1, 0.15) is 0 Å². The first-order valence-electron chi connectivity index (χ1n) is 4.40. The zero-order valence-electron chi connectivity index (χ0n) is 8.25. The van der Waals surface area contributed by atoms with Crippen LogP contribution in [0.15, 0.2) is 22.7 Å². The topological polar surface area (TPSA) is 34.1 Å². The minimum Gasteiger partial charge on any atom is -0.229 e. The summed E-state index contributed by atoms with van der Waals surface area (Å²) in [5.41, 5.74) is 1.89. The Morgan fingerprint density at radius 2 is 2.00 bits per heavy atom. The highest BCUT2D eigenvalue weighted by molar-refractivity contribution is 9.10. The smallest absolute Gasteiger partial charge is 0.154 e. The number of rotatable bonds is 3. The summed E-state index contributed by atoms with van der Waals surface area (Å²) < 4.78 is 23.8. The summed E-state index contributed by atoms with van der Waals surface area (Å²) in [6, 6.07) is 5.65. The largest absolute Gasteiger partial charge is 0.229 e. The van der Waals surface area contributed by atoms with Crippen LogP contribution in [0.2, 0.25) is 0 Å². The van der Waals surface area contributed by atoms with Gasteiger partial charge >= 0.3 is 0 Å². The third-order valence-electron chi connectivity index (χ3n) is 2.12. The quantitative estimate of drug-likeness (QED) is 0.851. The third kappa shape index (κ3) is 3.10. The summed E-state index contributed by atoms with van der Waals surface area (Å²) in [7, 11) is -2.92. The highest BCUT2D eigenvalue weighted by Gasteiger charge is 2.10. The Hall–Kier alpha value is -0.350. The van der Waals surface area contributed by atoms with Crippen LogP contribution in [0.25, 0.3) is 0 Å². The number of hydrogen-bond acceptors (Lipinski definition) is 2. The molecule has 0 fully saturated rings. The molecule has 1 rings (SSSR count). The van der Waals surface area contributed by atoms with Crippen molar-refractivity contribution in [2.75, 3.05) is 5.75 Å². The molecule has 0 amide bonds. The van der Waals surface area contributed by atoms with Crippen molar-refractivity contribution < 1.29 is 8.42 Å². The summed E-state index contributed by atoms with van der Waals surface area (Å²) in [6.07, 6.45) is 0. The molecule has 1 aromatic carbocycles. The molecule has 0 aliphatic carbocycles. The fourth-order valence-corrected chi connectivity index (χ4v) is 2.64. The van der Waals surface area contributed by atoms with Crippen molar-refractivity contribution in [2.45, 2.75) is 19.6 Å². The average molecular weight is 277 g/mol. The van der Waals surface area contributed by atoms with E-state index >= 15 is 0 Å². The van der Waals surface area contributed by atoms with Crippen molar-refractivity contribution in [3.05, 3.63) is 33.8 Å². The second kappa shape index (κ2) is 4.45. The van der Waals surface area contributed by atoms with Gasteiger partial charge in [0.25, 0.3) is 0 Å². The molecular weight excluding hydrogens is 264 g/mol. The molecule has 2 nitrogen and oxygen atoms in total. The number of aryl methyl sites for hydroxylation is 1. The maximum Gasteiger partial charge on any atom is 0.154 e. The van der Waals surface area contributed by atoms with Gasteiger partial charge in [0.2, 0.25) is 0 Å². The molecule has 78 valence electrons. The maximum absolute atomic E-state index is 11.4. The molecule has 0 unspecified atom stereocenters. The first-order valence-corrected chi connectivity index (χ1v) is 7.01. The summed E-state index contributed by atoms with van der Waals surface area (Å²) in [6.45, 7) is 3.59. The molecule has 0 atom stereocenters. The van der Waals surface area contributed by atoms with Crippen LogP contribution < -0.4 is 0 Å². The molecule has 1 aromatic rings. The van der Waals surface area contributed by atoms with Crippen LogP contribution in [0.3, 0.4) is 0 Å². The van der Waals surface area contributed by atoms with E-state index in [0.717, 1.165) is 15.6 Å². The molecule has 0 aliphatic heterocycles. The molecule has 0 saturated heterocycles. The van der Waals surface area contributed by atoms with Gasteiger partial charge in [-0.1, -0.05) is 28.9 Å². The maximum atomic E-state index is 11.4. The minimum atomic E-state index is -2.92. The Kier molecular flexibility index (Phi) is 3.72. The van der Waals surface area contributed by atoms with Crippen molar-refractivity contribution in [1.82, 2.24) is 0 Å². The Morgan fingerprint density at radius 3 is 2.50 bits per heavy atom. The van der Waals surface area contributed by atoms with E-state index in [2.05, 4.69) is 15.9 Å². The molecule has 0 saturated carbocycles. The van der Waals surface area contributed by atoms with Gasteiger partial charge in [-0.25, -0.2) is 8.42 Å². The average Bonchev–Trinajstić information content (AvgIpc) is 2.10. The molecule has 0 N–H and O–H groups in total. The lowest BCUT2D eigenvalue weighted by atomic mass is 10.1. The normalized spacial score (nSPS) is 11.6. The van der Waals surface area contributed by atoms with Crippen molar-refractivity contribution in [3.8, 4) is 0 Å². The van der Waals surface area contributed by atoms with E-state index in [4.69, 9.17) is 0 Å². The number of benzene rings is 1. The van der Waals surface area contributed by atoms with E-state index in [-0.39, 0.29) is 11.5 Å². The van der Waals surface area contributed by atoms with Crippen molar-refractivity contribution in [1.29, 1.82) is 0 Å². The lowest BCUT2D eigenvalue weighted by Gasteiger charge is -2.05. The predicted octanol–water partition coefficient (Wildman–Crippen LogP) is 2.69. The SMILES string of the molecule is CCS(=O)(=O)Cc1ccc(Br)cc1C. The molecule has 14 heavy (non-hydrogen) atoms. The molecule has 0 bridgehead atoms. The van der Waals surface area contributed by atoms with Gasteiger partial charge in [0.15, 0.2) is 9.84 Å². The third-order valence-corrected chi connectivity index (χ3v) is 4.24. The Labute approximate surface area is 93.4 Å². The van der Waals surface area contributed by atoms with Crippen LogP contribution in [-0.4, -0.2) is 14.2 Å². The molecule has 0 aromatic heterocycles. The molecule has 4 heteroatoms. The van der Waals surface area contributed by atoms with Crippen molar-refractivity contribution in [3.63, 3.8) is 0 Å². The predicted molar refractivity (Wildman–Crippen MR) is 62.0 cm³/mol. The Bertz CT molecular complexity index is 424. The summed E-state index contributed by atoms with van der Waals surface area (Å²) >= 11 is 3.34. The lowest BCUT2D eigenvalue weighted by molar-refractivity contribution is 0.596. The number of halogens is 1. The highest BCUT2D eigenvalue weighted by atomic mass is 79.9. The van der Waals surface area contributed by atoms with Crippen LogP contribution in [0, 0.1) is 6.92 Å². The van der Waals surface area contributed by atoms with E-state index in [0.29, 0.717) is 0 Å². The molecule has 0 spiro atoms. The molecule has 0 heterocycles. The monoisotopic (exact) mass is 276 g/mol. The summed E-state index contributed by atoms with van der Waals surface area (Å²) in [4.78, 5) is 0. The van der Waals surface area contributed by atoms with Crippen molar-refractivity contribution >= 4 is 25.8 Å². The Morgan fingerprint density at radius 1 is 1.36 bits per heavy atom. The summed E-state index contributed by atoms with van der Waals surface area (Å²) in [5.74, 6) is 0.338. The molecule has 0 radical (unpaired) electrons. The van der Waals surface area contributed by atoms with E-state index in [1.54, 1.807) is 6.92 Å². The highest BCUT2D eigenvalue weighted by Crippen LogP contribution is 2.17. The summed E-state index contributed by atoms with van der Waals surface area (Å²) in [5, 5.41) is 0. The second-order valence-corrected chi connectivity index (χ2v) is 6.52. The number of hydrogen-bond donors (Lipinski definition) is 0. The fourth-order valence-electron chi connectivity index (χ4n) is 1.16. The second-order valence-electron chi connectivity index (χ2n) is 3.25. The first kappa shape index (κ1) is 11.7. The zero-order valence-corrected chi connectivity index (χ0v) is 10.7. The van der Waals surface area contributed by atoms with E-state index in [1.807, 2.05) is 25.1 Å². The van der Waals surface area contributed by atoms with Crippen LogP contribution in [0.4, 0.5) is 0 Å². The van der Waals surface area contributed by atoms with Gasteiger partial charge in [-0.3, -0.25) is 0 Å². The number of sulfone groups is 1. The van der Waals surface area contributed by atoms with Gasteiger partial charge in [-0.05, 0) is 30.2 Å². The molecule has 0 aliphatic rings. The van der Waals surface area contributed by atoms with Gasteiger partial charge in [0.05, 0.1) is 5.75 Å². The van der Waals surface area contributed by atoms with Crippen LogP contribution in [0.1, 0.15) is 18.1 Å². The first-order chi connectivity index (χ1) is 6.44. The van der Waals surface area contributed by atoms with Gasteiger partial charge in [0, 0.05) is 10.2 Å². The van der Waals surface area contributed by atoms with Crippen LogP contribution >= 0.6 is 15.9 Å². The van der Waals surface area contributed by atoms with Gasteiger partial charge < -0.3 is 0 Å². The van der Waals surface area contributed by atoms with Crippen LogP contribution in [0.5, 0.6) is 0 Å². The van der Waals surface area contributed by atoms with Gasteiger partial charge in [-0.15, -0.1) is 0 Å². The van der Waals surface area contributed by atoms with E-state index < -0.39 is 9.84 Å². The molecular formula is C10H13BrO2S. The van der Waals surface area contributed by atoms with Gasteiger partial charge in [-0.2, -0.15) is 0 Å². The van der Waals surface area contributed by atoms with Crippen molar-refractivity contribution in [2.24, 2.45) is 0 Å².